The van der Waals surface area contributed by atoms with Crippen LogP contribution in [-0.4, -0.2) is 19.5 Å². The van der Waals surface area contributed by atoms with E-state index in [9.17, 15) is 0 Å². The summed E-state index contributed by atoms with van der Waals surface area (Å²) in [7, 11) is 0. The maximum atomic E-state index is 6.81. The molecule has 0 unspecified atom stereocenters. The van der Waals surface area contributed by atoms with Crippen LogP contribution in [0.15, 0.2) is 191 Å². The standard InChI is InChI=1S/C51H30N4O2/c1-3-14-31(15-4-1)49-52-50(32-16-5-2-6-17-32)54-51(53-49)40-23-13-27-44-47(40)39-22-11-21-37(48(39)57-44)36-20-12-26-43-46(36)38-29-28-33(30-45(38)56-43)55-41-24-9-7-18-34(41)35-19-8-10-25-42(35)55/h1-30H. The van der Waals surface area contributed by atoms with Crippen LogP contribution in [0.3, 0.4) is 0 Å². The van der Waals surface area contributed by atoms with Crippen molar-refractivity contribution in [3.8, 4) is 51.0 Å². The maximum Gasteiger partial charge on any atom is 0.164 e. The van der Waals surface area contributed by atoms with Crippen LogP contribution in [0.25, 0.3) is 117 Å². The first-order valence-corrected chi connectivity index (χ1v) is 19.0. The summed E-state index contributed by atoms with van der Waals surface area (Å²) in [5.41, 5.74) is 11.3. The third-order valence-corrected chi connectivity index (χ3v) is 11.1. The second kappa shape index (κ2) is 12.3. The predicted octanol–water partition coefficient (Wildman–Crippen LogP) is 13.4. The number of furan rings is 2. The minimum atomic E-state index is 0.586. The summed E-state index contributed by atoms with van der Waals surface area (Å²) in [6.45, 7) is 0. The van der Waals surface area contributed by atoms with E-state index in [1.54, 1.807) is 0 Å². The zero-order valence-electron chi connectivity index (χ0n) is 30.4. The normalized spacial score (nSPS) is 11.9. The van der Waals surface area contributed by atoms with Crippen molar-refractivity contribution in [2.45, 2.75) is 0 Å². The van der Waals surface area contributed by atoms with Crippen LogP contribution < -0.4 is 0 Å². The van der Waals surface area contributed by atoms with E-state index in [1.807, 2.05) is 78.9 Å². The number of hydrogen-bond acceptors (Lipinski definition) is 5. The van der Waals surface area contributed by atoms with Crippen molar-refractivity contribution in [1.29, 1.82) is 0 Å². The minimum Gasteiger partial charge on any atom is -0.456 e. The molecule has 266 valence electrons. The van der Waals surface area contributed by atoms with Gasteiger partial charge in [-0.15, -0.1) is 0 Å². The lowest BCUT2D eigenvalue weighted by molar-refractivity contribution is 0.668. The molecular weight excluding hydrogens is 701 g/mol. The molecule has 0 radical (unpaired) electrons. The van der Waals surface area contributed by atoms with E-state index < -0.39 is 0 Å². The number of rotatable bonds is 5. The van der Waals surface area contributed by atoms with Crippen molar-refractivity contribution in [2.75, 3.05) is 0 Å². The van der Waals surface area contributed by atoms with Crippen LogP contribution in [0.2, 0.25) is 0 Å². The van der Waals surface area contributed by atoms with E-state index in [4.69, 9.17) is 23.8 Å². The van der Waals surface area contributed by atoms with Crippen molar-refractivity contribution >= 4 is 65.7 Å². The van der Waals surface area contributed by atoms with Gasteiger partial charge in [-0.1, -0.05) is 140 Å². The third kappa shape index (κ3) is 4.87. The van der Waals surface area contributed by atoms with E-state index >= 15 is 0 Å². The Bertz CT molecular complexity index is 3410. The van der Waals surface area contributed by atoms with Crippen LogP contribution in [-0.2, 0) is 0 Å². The van der Waals surface area contributed by atoms with Gasteiger partial charge in [0.15, 0.2) is 17.5 Å². The first kappa shape index (κ1) is 31.5. The highest BCUT2D eigenvalue weighted by molar-refractivity contribution is 6.19. The summed E-state index contributed by atoms with van der Waals surface area (Å²) in [5.74, 6) is 1.82. The fourth-order valence-corrected chi connectivity index (χ4v) is 8.55. The second-order valence-corrected chi connectivity index (χ2v) is 14.3. The predicted molar refractivity (Wildman–Crippen MR) is 230 cm³/mol. The first-order chi connectivity index (χ1) is 28.3. The Hall–Kier alpha value is -7.83. The number of nitrogens with zero attached hydrogens (tertiary/aromatic N) is 4. The smallest absolute Gasteiger partial charge is 0.164 e. The molecule has 4 aromatic heterocycles. The second-order valence-electron chi connectivity index (χ2n) is 14.3. The molecule has 0 fully saturated rings. The van der Waals surface area contributed by atoms with Crippen molar-refractivity contribution in [1.82, 2.24) is 19.5 Å². The van der Waals surface area contributed by atoms with E-state index in [-0.39, 0.29) is 0 Å². The summed E-state index contributed by atoms with van der Waals surface area (Å²) < 4.78 is 15.8. The summed E-state index contributed by atoms with van der Waals surface area (Å²) in [6.07, 6.45) is 0. The Morgan fingerprint density at radius 3 is 1.56 bits per heavy atom. The minimum absolute atomic E-state index is 0.586. The van der Waals surface area contributed by atoms with Gasteiger partial charge in [0.1, 0.15) is 22.3 Å². The highest BCUT2D eigenvalue weighted by Crippen LogP contribution is 2.44. The maximum absolute atomic E-state index is 6.81. The van der Waals surface area contributed by atoms with Crippen LogP contribution in [0.5, 0.6) is 0 Å². The molecule has 12 rings (SSSR count). The number of aromatic nitrogens is 4. The van der Waals surface area contributed by atoms with Crippen molar-refractivity contribution < 1.29 is 8.83 Å². The van der Waals surface area contributed by atoms with Crippen molar-refractivity contribution in [2.24, 2.45) is 0 Å². The summed E-state index contributed by atoms with van der Waals surface area (Å²) in [4.78, 5) is 15.1. The lowest BCUT2D eigenvalue weighted by atomic mass is 9.96. The number of hydrogen-bond donors (Lipinski definition) is 0. The Morgan fingerprint density at radius 1 is 0.351 bits per heavy atom. The van der Waals surface area contributed by atoms with E-state index in [0.717, 1.165) is 88.4 Å². The van der Waals surface area contributed by atoms with E-state index in [0.29, 0.717) is 17.5 Å². The lowest BCUT2D eigenvalue weighted by Gasteiger charge is -2.09. The SMILES string of the molecule is c1ccc(-c2nc(-c3ccccc3)nc(-c3cccc4oc5c(-c6cccc7oc8cc(-n9c%10ccccc%10c%10ccccc%109)ccc8c67)cccc5c34)n2)cc1. The molecule has 6 nitrogen and oxygen atoms in total. The van der Waals surface area contributed by atoms with E-state index in [1.165, 1.54) is 10.8 Å². The Balaban J connectivity index is 1.04. The summed E-state index contributed by atoms with van der Waals surface area (Å²) >= 11 is 0. The van der Waals surface area contributed by atoms with Gasteiger partial charge in [0.05, 0.1) is 11.0 Å². The first-order valence-electron chi connectivity index (χ1n) is 19.0. The number of fused-ring (bicyclic) bond motifs is 9. The average molecular weight is 731 g/mol. The third-order valence-electron chi connectivity index (χ3n) is 11.1. The van der Waals surface area contributed by atoms with Crippen LogP contribution in [0.1, 0.15) is 0 Å². The topological polar surface area (TPSA) is 69.9 Å². The largest absolute Gasteiger partial charge is 0.456 e. The highest BCUT2D eigenvalue weighted by atomic mass is 16.3. The molecule has 0 amide bonds. The molecule has 8 aromatic carbocycles. The monoisotopic (exact) mass is 730 g/mol. The van der Waals surface area contributed by atoms with Gasteiger partial charge in [-0.25, -0.2) is 15.0 Å². The molecule has 57 heavy (non-hydrogen) atoms. The average Bonchev–Trinajstić information content (AvgIpc) is 3.96. The molecular formula is C51H30N4O2. The molecule has 6 heteroatoms. The van der Waals surface area contributed by atoms with Gasteiger partial charge in [-0.2, -0.15) is 0 Å². The fourth-order valence-electron chi connectivity index (χ4n) is 8.55. The molecule has 0 aliphatic rings. The van der Waals surface area contributed by atoms with Gasteiger partial charge in [0.2, 0.25) is 0 Å². The van der Waals surface area contributed by atoms with Crippen molar-refractivity contribution in [3.05, 3.63) is 182 Å². The van der Waals surface area contributed by atoms with Gasteiger partial charge in [-0.3, -0.25) is 0 Å². The van der Waals surface area contributed by atoms with Crippen LogP contribution in [0.4, 0.5) is 0 Å². The number of para-hydroxylation sites is 3. The number of benzene rings is 8. The molecule has 0 aliphatic heterocycles. The van der Waals surface area contributed by atoms with Crippen LogP contribution in [0, 0.1) is 0 Å². The molecule has 4 heterocycles. The zero-order chi connectivity index (χ0) is 37.5. The van der Waals surface area contributed by atoms with Crippen molar-refractivity contribution in [3.63, 3.8) is 0 Å². The highest BCUT2D eigenvalue weighted by Gasteiger charge is 2.22. The summed E-state index contributed by atoms with van der Waals surface area (Å²) in [5, 5.41) is 6.49. The zero-order valence-corrected chi connectivity index (χ0v) is 30.4. The molecule has 0 saturated carbocycles. The van der Waals surface area contributed by atoms with Crippen LogP contribution >= 0.6 is 0 Å². The Kier molecular flexibility index (Phi) is 6.83. The molecule has 0 spiro atoms. The molecule has 0 bridgehead atoms. The van der Waals surface area contributed by atoms with Gasteiger partial charge in [0.25, 0.3) is 0 Å². The molecule has 0 aliphatic carbocycles. The Labute approximate surface area is 325 Å². The van der Waals surface area contributed by atoms with Gasteiger partial charge in [-0.05, 0) is 42.0 Å². The quantitative estimate of drug-likeness (QED) is 0.176. The molecule has 0 atom stereocenters. The molecule has 0 saturated heterocycles. The molecule has 12 aromatic rings. The van der Waals surface area contributed by atoms with Gasteiger partial charge < -0.3 is 13.4 Å². The van der Waals surface area contributed by atoms with E-state index in [2.05, 4.69) is 108 Å². The Morgan fingerprint density at radius 2 is 0.877 bits per heavy atom. The fraction of sp³-hybridized carbons (Fsp3) is 0. The van der Waals surface area contributed by atoms with Gasteiger partial charge in [0, 0.05) is 66.3 Å². The lowest BCUT2D eigenvalue weighted by Crippen LogP contribution is -2.00. The summed E-state index contributed by atoms with van der Waals surface area (Å²) in [6, 6.07) is 62.5. The van der Waals surface area contributed by atoms with Gasteiger partial charge >= 0.3 is 0 Å². The molecule has 0 N–H and O–H groups in total.